The Morgan fingerprint density at radius 1 is 1.53 bits per heavy atom. The van der Waals surface area contributed by atoms with Crippen LogP contribution in [0.25, 0.3) is 0 Å². The molecule has 104 valence electrons. The Balaban J connectivity index is 2.93. The SMILES string of the molecule is CCC/C(=C\C(=O)C(Cl)(Cl)Cl)Nc1cccnc1N. The maximum Gasteiger partial charge on any atom is 0.252 e. The first-order valence-electron chi connectivity index (χ1n) is 5.63. The van der Waals surface area contributed by atoms with Crippen LogP contribution in [-0.4, -0.2) is 14.6 Å². The van der Waals surface area contributed by atoms with Gasteiger partial charge in [-0.05, 0) is 18.6 Å². The number of nitrogens with zero attached hydrogens (tertiary/aromatic N) is 1. The Morgan fingerprint density at radius 2 is 2.21 bits per heavy atom. The minimum Gasteiger partial charge on any atom is -0.382 e. The van der Waals surface area contributed by atoms with Gasteiger partial charge in [0.25, 0.3) is 3.79 Å². The quantitative estimate of drug-likeness (QED) is 0.640. The lowest BCUT2D eigenvalue weighted by atomic mass is 10.2. The molecule has 0 atom stereocenters. The summed E-state index contributed by atoms with van der Waals surface area (Å²) in [5, 5.41) is 3.03. The third-order valence-corrected chi connectivity index (χ3v) is 2.80. The topological polar surface area (TPSA) is 68.0 Å². The summed E-state index contributed by atoms with van der Waals surface area (Å²) in [6.07, 6.45) is 4.31. The van der Waals surface area contributed by atoms with E-state index in [2.05, 4.69) is 10.3 Å². The molecule has 1 heterocycles. The van der Waals surface area contributed by atoms with Crippen LogP contribution < -0.4 is 11.1 Å². The zero-order chi connectivity index (χ0) is 14.5. The van der Waals surface area contributed by atoms with Crippen molar-refractivity contribution in [2.75, 3.05) is 11.1 Å². The second-order valence-electron chi connectivity index (χ2n) is 3.84. The van der Waals surface area contributed by atoms with Gasteiger partial charge in [-0.1, -0.05) is 48.1 Å². The molecule has 0 radical (unpaired) electrons. The molecule has 1 aromatic heterocycles. The summed E-state index contributed by atoms with van der Waals surface area (Å²) in [5.41, 5.74) is 6.95. The fraction of sp³-hybridized carbons (Fsp3) is 0.333. The van der Waals surface area contributed by atoms with Gasteiger partial charge in [0, 0.05) is 18.0 Å². The van der Waals surface area contributed by atoms with Gasteiger partial charge in [0.1, 0.15) is 5.82 Å². The zero-order valence-corrected chi connectivity index (χ0v) is 12.6. The molecule has 0 aromatic carbocycles. The number of allylic oxidation sites excluding steroid dienone is 2. The van der Waals surface area contributed by atoms with E-state index in [0.29, 0.717) is 23.6 Å². The van der Waals surface area contributed by atoms with Crippen molar-refractivity contribution in [3.8, 4) is 0 Å². The number of nitrogen functional groups attached to an aromatic ring is 1. The van der Waals surface area contributed by atoms with Crippen molar-refractivity contribution >= 4 is 52.1 Å². The van der Waals surface area contributed by atoms with E-state index >= 15 is 0 Å². The number of hydrogen-bond donors (Lipinski definition) is 2. The molecule has 0 saturated heterocycles. The van der Waals surface area contributed by atoms with E-state index in [1.165, 1.54) is 6.08 Å². The lowest BCUT2D eigenvalue weighted by Crippen LogP contribution is -2.18. The number of nitrogens with two attached hydrogens (primary N) is 1. The average molecular weight is 323 g/mol. The molecule has 0 aliphatic carbocycles. The lowest BCUT2D eigenvalue weighted by Gasteiger charge is -2.13. The van der Waals surface area contributed by atoms with Crippen molar-refractivity contribution in [3.05, 3.63) is 30.1 Å². The highest BCUT2D eigenvalue weighted by Crippen LogP contribution is 2.28. The monoisotopic (exact) mass is 321 g/mol. The number of halogens is 3. The fourth-order valence-electron chi connectivity index (χ4n) is 1.38. The van der Waals surface area contributed by atoms with Crippen LogP contribution in [0.3, 0.4) is 0 Å². The van der Waals surface area contributed by atoms with Gasteiger partial charge in [-0.15, -0.1) is 0 Å². The Morgan fingerprint density at radius 3 is 2.74 bits per heavy atom. The molecular weight excluding hydrogens is 309 g/mol. The number of nitrogens with one attached hydrogen (secondary N) is 1. The van der Waals surface area contributed by atoms with E-state index in [9.17, 15) is 4.79 Å². The van der Waals surface area contributed by atoms with E-state index in [1.807, 2.05) is 6.92 Å². The minimum atomic E-state index is -1.96. The summed E-state index contributed by atoms with van der Waals surface area (Å²) in [6.45, 7) is 1.97. The number of hydrogen-bond acceptors (Lipinski definition) is 4. The maximum absolute atomic E-state index is 11.7. The van der Waals surface area contributed by atoms with E-state index in [4.69, 9.17) is 40.5 Å². The van der Waals surface area contributed by atoms with Crippen molar-refractivity contribution < 1.29 is 4.79 Å². The highest BCUT2D eigenvalue weighted by atomic mass is 35.6. The molecule has 19 heavy (non-hydrogen) atoms. The molecule has 0 unspecified atom stereocenters. The fourth-order valence-corrected chi connectivity index (χ4v) is 1.54. The van der Waals surface area contributed by atoms with Crippen molar-refractivity contribution in [1.82, 2.24) is 4.98 Å². The Hall–Kier alpha value is -0.970. The molecular formula is C12H14Cl3N3O. The van der Waals surface area contributed by atoms with Crippen LogP contribution in [0, 0.1) is 0 Å². The molecule has 4 nitrogen and oxygen atoms in total. The van der Waals surface area contributed by atoms with Gasteiger partial charge in [0.05, 0.1) is 5.69 Å². The Kier molecular flexibility index (Phi) is 5.91. The zero-order valence-electron chi connectivity index (χ0n) is 10.3. The summed E-state index contributed by atoms with van der Waals surface area (Å²) >= 11 is 16.6. The molecule has 7 heteroatoms. The number of rotatable bonds is 5. The van der Waals surface area contributed by atoms with E-state index in [0.717, 1.165) is 6.42 Å². The molecule has 0 bridgehead atoms. The third kappa shape index (κ3) is 5.27. The second-order valence-corrected chi connectivity index (χ2v) is 6.12. The largest absolute Gasteiger partial charge is 0.382 e. The molecule has 1 aromatic rings. The lowest BCUT2D eigenvalue weighted by molar-refractivity contribution is -0.113. The van der Waals surface area contributed by atoms with E-state index in [1.54, 1.807) is 18.3 Å². The van der Waals surface area contributed by atoms with Gasteiger partial charge >= 0.3 is 0 Å². The number of pyridine rings is 1. The van der Waals surface area contributed by atoms with Crippen molar-refractivity contribution in [1.29, 1.82) is 0 Å². The molecule has 0 aliphatic heterocycles. The van der Waals surface area contributed by atoms with Crippen molar-refractivity contribution in [3.63, 3.8) is 0 Å². The standard InChI is InChI=1S/C12H14Cl3N3O/c1-2-4-8(7-10(19)12(13,14)15)18-9-5-3-6-17-11(9)16/h3,5-7,18H,2,4H2,1H3,(H2,16,17)/b8-7+. The van der Waals surface area contributed by atoms with Crippen LogP contribution in [0.4, 0.5) is 11.5 Å². The van der Waals surface area contributed by atoms with Gasteiger partial charge in [-0.3, -0.25) is 4.79 Å². The predicted molar refractivity (Wildman–Crippen MR) is 80.6 cm³/mol. The number of alkyl halides is 3. The number of aromatic nitrogens is 1. The highest BCUT2D eigenvalue weighted by Gasteiger charge is 2.28. The molecule has 0 aliphatic rings. The summed E-state index contributed by atoms with van der Waals surface area (Å²) in [4.78, 5) is 15.6. The molecule has 0 fully saturated rings. The maximum atomic E-state index is 11.7. The molecule has 0 saturated carbocycles. The number of carbonyl (C=O) groups excluding carboxylic acids is 1. The van der Waals surface area contributed by atoms with Crippen LogP contribution in [0.1, 0.15) is 19.8 Å². The predicted octanol–water partition coefficient (Wildman–Crippen LogP) is 3.70. The summed E-state index contributed by atoms with van der Waals surface area (Å²) in [7, 11) is 0. The smallest absolute Gasteiger partial charge is 0.252 e. The summed E-state index contributed by atoms with van der Waals surface area (Å²) < 4.78 is -1.96. The normalized spacial score (nSPS) is 12.3. The number of ketones is 1. The first-order valence-corrected chi connectivity index (χ1v) is 6.77. The summed E-state index contributed by atoms with van der Waals surface area (Å²) in [6, 6.07) is 3.49. The van der Waals surface area contributed by atoms with E-state index < -0.39 is 9.58 Å². The van der Waals surface area contributed by atoms with Crippen LogP contribution in [0.5, 0.6) is 0 Å². The highest BCUT2D eigenvalue weighted by molar-refractivity contribution is 6.77. The van der Waals surface area contributed by atoms with Crippen LogP contribution in [-0.2, 0) is 4.79 Å². The van der Waals surface area contributed by atoms with Gasteiger partial charge in [0.2, 0.25) is 5.78 Å². The minimum absolute atomic E-state index is 0.339. The van der Waals surface area contributed by atoms with Crippen molar-refractivity contribution in [2.24, 2.45) is 0 Å². The average Bonchev–Trinajstić information content (AvgIpc) is 2.31. The number of anilines is 2. The summed E-state index contributed by atoms with van der Waals surface area (Å²) in [5.74, 6) is -0.262. The molecule has 1 rings (SSSR count). The van der Waals surface area contributed by atoms with Gasteiger partial charge in [-0.2, -0.15) is 0 Å². The first-order chi connectivity index (χ1) is 8.84. The van der Waals surface area contributed by atoms with Gasteiger partial charge in [-0.25, -0.2) is 4.98 Å². The van der Waals surface area contributed by atoms with Gasteiger partial charge in [0.15, 0.2) is 0 Å². The molecule has 0 spiro atoms. The first kappa shape index (κ1) is 16.1. The number of carbonyl (C=O) groups is 1. The Labute approximate surface area is 126 Å². The molecule has 0 amide bonds. The van der Waals surface area contributed by atoms with Crippen LogP contribution >= 0.6 is 34.8 Å². The Bertz CT molecular complexity index is 483. The van der Waals surface area contributed by atoms with Crippen molar-refractivity contribution in [2.45, 2.75) is 23.6 Å². The third-order valence-electron chi connectivity index (χ3n) is 2.24. The van der Waals surface area contributed by atoms with Crippen LogP contribution in [0.15, 0.2) is 30.1 Å². The molecule has 3 N–H and O–H groups in total. The van der Waals surface area contributed by atoms with Crippen LogP contribution in [0.2, 0.25) is 0 Å². The van der Waals surface area contributed by atoms with Gasteiger partial charge < -0.3 is 11.1 Å². The second kappa shape index (κ2) is 6.98. The van der Waals surface area contributed by atoms with E-state index in [-0.39, 0.29) is 0 Å².